The van der Waals surface area contributed by atoms with E-state index in [9.17, 15) is 0 Å². The molecular weight excluding hydrogens is 322 g/mol. The largest absolute Gasteiger partial charge is 0.484 e. The zero-order valence-corrected chi connectivity index (χ0v) is 13.3. The Kier molecular flexibility index (Phi) is 3.65. The molecule has 0 aliphatic carbocycles. The summed E-state index contributed by atoms with van der Waals surface area (Å²) in [4.78, 5) is 2.64. The van der Waals surface area contributed by atoms with E-state index in [1.807, 2.05) is 18.4 Å². The second-order valence-corrected chi connectivity index (χ2v) is 7.05. The van der Waals surface area contributed by atoms with Crippen molar-refractivity contribution in [1.82, 2.24) is 5.32 Å². The van der Waals surface area contributed by atoms with Crippen molar-refractivity contribution in [3.63, 3.8) is 0 Å². The molecule has 1 aromatic carbocycles. The number of thiophene rings is 1. The molecule has 3 rings (SSSR count). The standard InChI is InChI=1S/C15H16BrNOS/c1-9-3-6-15(19-9)14-8-12(17-2)11-5-4-10(16)7-13(11)18-14/h3-7,12,14,17H,8H2,1-2H3. The van der Waals surface area contributed by atoms with Gasteiger partial charge in [-0.1, -0.05) is 22.0 Å². The lowest BCUT2D eigenvalue weighted by Gasteiger charge is -2.31. The fourth-order valence-corrected chi connectivity index (χ4v) is 3.77. The van der Waals surface area contributed by atoms with Gasteiger partial charge >= 0.3 is 0 Å². The molecule has 1 N–H and O–H groups in total. The lowest BCUT2D eigenvalue weighted by molar-refractivity contribution is 0.157. The smallest absolute Gasteiger partial charge is 0.135 e. The maximum absolute atomic E-state index is 6.18. The summed E-state index contributed by atoms with van der Waals surface area (Å²) in [7, 11) is 2.01. The van der Waals surface area contributed by atoms with Gasteiger partial charge < -0.3 is 10.1 Å². The first-order chi connectivity index (χ1) is 9.17. The van der Waals surface area contributed by atoms with Crippen LogP contribution in [0.1, 0.15) is 33.9 Å². The molecule has 2 heterocycles. The Labute approximate surface area is 125 Å². The highest BCUT2D eigenvalue weighted by atomic mass is 79.9. The van der Waals surface area contributed by atoms with Gasteiger partial charge in [-0.25, -0.2) is 0 Å². The Bertz CT molecular complexity index is 596. The topological polar surface area (TPSA) is 21.3 Å². The predicted octanol–water partition coefficient (Wildman–Crippen LogP) is 4.60. The van der Waals surface area contributed by atoms with E-state index >= 15 is 0 Å². The van der Waals surface area contributed by atoms with Crippen LogP contribution in [0.3, 0.4) is 0 Å². The minimum Gasteiger partial charge on any atom is -0.484 e. The maximum atomic E-state index is 6.18. The number of hydrogen-bond acceptors (Lipinski definition) is 3. The molecule has 4 heteroatoms. The molecule has 1 aliphatic rings. The van der Waals surface area contributed by atoms with E-state index in [4.69, 9.17) is 4.74 Å². The quantitative estimate of drug-likeness (QED) is 0.864. The lowest BCUT2D eigenvalue weighted by atomic mass is 9.96. The van der Waals surface area contributed by atoms with Gasteiger partial charge in [0.25, 0.3) is 0 Å². The molecule has 2 atom stereocenters. The monoisotopic (exact) mass is 337 g/mol. The van der Waals surface area contributed by atoms with Gasteiger partial charge in [-0.05, 0) is 38.2 Å². The van der Waals surface area contributed by atoms with Crippen molar-refractivity contribution in [2.75, 3.05) is 7.05 Å². The number of nitrogens with one attached hydrogen (secondary N) is 1. The second kappa shape index (κ2) is 5.27. The summed E-state index contributed by atoms with van der Waals surface area (Å²) in [6.45, 7) is 2.14. The number of ether oxygens (including phenoxy) is 1. The molecule has 0 saturated carbocycles. The predicted molar refractivity (Wildman–Crippen MR) is 83.0 cm³/mol. The number of rotatable bonds is 2. The average Bonchev–Trinajstić information content (AvgIpc) is 2.83. The van der Waals surface area contributed by atoms with Gasteiger partial charge in [0.1, 0.15) is 11.9 Å². The van der Waals surface area contributed by atoms with E-state index in [-0.39, 0.29) is 6.10 Å². The highest BCUT2D eigenvalue weighted by Crippen LogP contribution is 2.43. The van der Waals surface area contributed by atoms with Crippen LogP contribution in [0.25, 0.3) is 0 Å². The number of benzene rings is 1. The molecule has 1 aliphatic heterocycles. The van der Waals surface area contributed by atoms with Crippen molar-refractivity contribution in [3.8, 4) is 5.75 Å². The molecule has 0 bridgehead atoms. The third-order valence-electron chi connectivity index (χ3n) is 3.50. The zero-order valence-electron chi connectivity index (χ0n) is 10.9. The van der Waals surface area contributed by atoms with Crippen molar-refractivity contribution in [3.05, 3.63) is 50.1 Å². The van der Waals surface area contributed by atoms with Crippen LogP contribution in [0.4, 0.5) is 0 Å². The maximum Gasteiger partial charge on any atom is 0.135 e. The minimum atomic E-state index is 0.151. The van der Waals surface area contributed by atoms with Crippen LogP contribution in [0.2, 0.25) is 0 Å². The summed E-state index contributed by atoms with van der Waals surface area (Å²) < 4.78 is 7.24. The Morgan fingerprint density at radius 3 is 2.84 bits per heavy atom. The van der Waals surface area contributed by atoms with Crippen molar-refractivity contribution in [2.24, 2.45) is 0 Å². The first-order valence-electron chi connectivity index (χ1n) is 6.37. The van der Waals surface area contributed by atoms with Crippen LogP contribution < -0.4 is 10.1 Å². The number of aryl methyl sites for hydroxylation is 1. The second-order valence-electron chi connectivity index (χ2n) is 4.81. The Hall–Kier alpha value is -0.840. The summed E-state index contributed by atoms with van der Waals surface area (Å²) in [6, 6.07) is 11.0. The van der Waals surface area contributed by atoms with Crippen LogP contribution in [0.15, 0.2) is 34.8 Å². The van der Waals surface area contributed by atoms with Crippen molar-refractivity contribution < 1.29 is 4.74 Å². The minimum absolute atomic E-state index is 0.151. The summed E-state index contributed by atoms with van der Waals surface area (Å²) in [5.74, 6) is 0.982. The first kappa shape index (κ1) is 13.2. The third kappa shape index (κ3) is 2.57. The first-order valence-corrected chi connectivity index (χ1v) is 7.98. The SMILES string of the molecule is CNC1CC(c2ccc(C)s2)Oc2cc(Br)ccc21. The highest BCUT2D eigenvalue weighted by Gasteiger charge is 2.29. The van der Waals surface area contributed by atoms with E-state index in [0.717, 1.165) is 16.6 Å². The Balaban J connectivity index is 1.96. The van der Waals surface area contributed by atoms with Gasteiger partial charge in [0.2, 0.25) is 0 Å². The molecule has 2 nitrogen and oxygen atoms in total. The normalized spacial score (nSPS) is 21.8. The molecular formula is C15H16BrNOS. The van der Waals surface area contributed by atoms with Gasteiger partial charge in [-0.15, -0.1) is 11.3 Å². The average molecular weight is 338 g/mol. The van der Waals surface area contributed by atoms with E-state index in [1.165, 1.54) is 15.3 Å². The molecule has 0 amide bonds. The Morgan fingerprint density at radius 2 is 2.16 bits per heavy atom. The number of halogens is 1. The highest BCUT2D eigenvalue weighted by molar-refractivity contribution is 9.10. The van der Waals surface area contributed by atoms with Gasteiger partial charge in [-0.3, -0.25) is 0 Å². The van der Waals surface area contributed by atoms with E-state index in [0.29, 0.717) is 6.04 Å². The number of fused-ring (bicyclic) bond motifs is 1. The zero-order chi connectivity index (χ0) is 13.4. The molecule has 100 valence electrons. The molecule has 0 spiro atoms. The van der Waals surface area contributed by atoms with Gasteiger partial charge in [0, 0.05) is 32.3 Å². The van der Waals surface area contributed by atoms with Crippen LogP contribution in [0.5, 0.6) is 5.75 Å². The van der Waals surface area contributed by atoms with E-state index in [1.54, 1.807) is 0 Å². The van der Waals surface area contributed by atoms with Gasteiger partial charge in [0.05, 0.1) is 0 Å². The fraction of sp³-hybridized carbons (Fsp3) is 0.333. The van der Waals surface area contributed by atoms with Gasteiger partial charge in [-0.2, -0.15) is 0 Å². The van der Waals surface area contributed by atoms with Crippen LogP contribution in [0, 0.1) is 6.92 Å². The summed E-state index contributed by atoms with van der Waals surface area (Å²) in [6.07, 6.45) is 1.13. The molecule has 0 saturated heterocycles. The lowest BCUT2D eigenvalue weighted by Crippen LogP contribution is -2.26. The summed E-state index contributed by atoms with van der Waals surface area (Å²) >= 11 is 5.34. The van der Waals surface area contributed by atoms with Crippen LogP contribution in [-0.4, -0.2) is 7.05 Å². The van der Waals surface area contributed by atoms with Crippen molar-refractivity contribution in [1.29, 1.82) is 0 Å². The molecule has 2 aromatic rings. The van der Waals surface area contributed by atoms with Crippen LogP contribution >= 0.6 is 27.3 Å². The Morgan fingerprint density at radius 1 is 1.32 bits per heavy atom. The number of hydrogen-bond donors (Lipinski definition) is 1. The summed E-state index contributed by atoms with van der Waals surface area (Å²) in [5, 5.41) is 3.40. The summed E-state index contributed by atoms with van der Waals surface area (Å²) in [5.41, 5.74) is 1.25. The third-order valence-corrected chi connectivity index (χ3v) is 5.08. The fourth-order valence-electron chi connectivity index (χ4n) is 2.51. The van der Waals surface area contributed by atoms with E-state index in [2.05, 4.69) is 58.5 Å². The molecule has 19 heavy (non-hydrogen) atoms. The van der Waals surface area contributed by atoms with E-state index < -0.39 is 0 Å². The van der Waals surface area contributed by atoms with Crippen LogP contribution in [-0.2, 0) is 0 Å². The van der Waals surface area contributed by atoms with Crippen molar-refractivity contribution >= 4 is 27.3 Å². The molecule has 1 aromatic heterocycles. The molecule has 0 radical (unpaired) electrons. The molecule has 2 unspecified atom stereocenters. The van der Waals surface area contributed by atoms with Gasteiger partial charge in [0.15, 0.2) is 0 Å². The molecule has 0 fully saturated rings. The van der Waals surface area contributed by atoms with Crippen molar-refractivity contribution in [2.45, 2.75) is 25.5 Å².